The number of nitrogens with zero attached hydrogens (tertiary/aromatic N) is 1. The second kappa shape index (κ2) is 8.72. The molecule has 3 rings (SSSR count). The Balaban J connectivity index is 0.00000192. The van der Waals surface area contributed by atoms with Crippen molar-refractivity contribution in [3.05, 3.63) is 65.2 Å². The second-order valence-electron chi connectivity index (χ2n) is 6.09. The van der Waals surface area contributed by atoms with Crippen LogP contribution in [-0.4, -0.2) is 31.6 Å². The van der Waals surface area contributed by atoms with Crippen LogP contribution in [0.2, 0.25) is 5.02 Å². The molecule has 2 aromatic carbocycles. The van der Waals surface area contributed by atoms with Gasteiger partial charge in [0.2, 0.25) is 0 Å². The zero-order chi connectivity index (χ0) is 15.4. The first-order valence-corrected chi connectivity index (χ1v) is 8.22. The molecule has 124 valence electrons. The van der Waals surface area contributed by atoms with E-state index in [0.29, 0.717) is 11.8 Å². The summed E-state index contributed by atoms with van der Waals surface area (Å²) in [5.41, 5.74) is 1.43. The maximum Gasteiger partial charge on any atom is 0.119 e. The quantitative estimate of drug-likeness (QED) is 0.718. The SMILES string of the molecule is Br.CN1CCC(c2ccccc2)C(COc2ccc(Cl)cc2)C1. The van der Waals surface area contributed by atoms with Crippen molar-refractivity contribution in [1.82, 2.24) is 4.90 Å². The lowest BCUT2D eigenvalue weighted by molar-refractivity contribution is 0.129. The van der Waals surface area contributed by atoms with Gasteiger partial charge < -0.3 is 9.64 Å². The van der Waals surface area contributed by atoms with E-state index in [2.05, 4.69) is 42.3 Å². The molecule has 23 heavy (non-hydrogen) atoms. The fourth-order valence-corrected chi connectivity index (χ4v) is 3.38. The predicted molar refractivity (Wildman–Crippen MR) is 102 cm³/mol. The van der Waals surface area contributed by atoms with Crippen molar-refractivity contribution in [2.75, 3.05) is 26.7 Å². The van der Waals surface area contributed by atoms with Gasteiger partial charge in [-0.2, -0.15) is 0 Å². The van der Waals surface area contributed by atoms with Crippen LogP contribution in [0.1, 0.15) is 17.9 Å². The van der Waals surface area contributed by atoms with Crippen molar-refractivity contribution < 1.29 is 4.74 Å². The van der Waals surface area contributed by atoms with Gasteiger partial charge in [-0.05, 0) is 55.8 Å². The monoisotopic (exact) mass is 395 g/mol. The van der Waals surface area contributed by atoms with Crippen molar-refractivity contribution in [1.29, 1.82) is 0 Å². The summed E-state index contributed by atoms with van der Waals surface area (Å²) in [6.07, 6.45) is 1.19. The molecular weight excluding hydrogens is 374 g/mol. The summed E-state index contributed by atoms with van der Waals surface area (Å²) >= 11 is 5.92. The average Bonchev–Trinajstić information content (AvgIpc) is 2.55. The lowest BCUT2D eigenvalue weighted by Crippen LogP contribution is -2.39. The Labute approximate surface area is 154 Å². The van der Waals surface area contributed by atoms with Crippen LogP contribution in [0.15, 0.2) is 54.6 Å². The van der Waals surface area contributed by atoms with Gasteiger partial charge in [0.05, 0.1) is 6.61 Å². The topological polar surface area (TPSA) is 12.5 Å². The molecule has 4 heteroatoms. The van der Waals surface area contributed by atoms with Crippen LogP contribution in [0.4, 0.5) is 0 Å². The number of benzene rings is 2. The van der Waals surface area contributed by atoms with E-state index in [1.807, 2.05) is 24.3 Å². The second-order valence-corrected chi connectivity index (χ2v) is 6.53. The highest BCUT2D eigenvalue weighted by molar-refractivity contribution is 8.93. The Morgan fingerprint density at radius 3 is 2.48 bits per heavy atom. The number of likely N-dealkylation sites (tertiary alicyclic amines) is 1. The molecule has 0 spiro atoms. The normalized spacial score (nSPS) is 21.5. The number of piperidine rings is 1. The van der Waals surface area contributed by atoms with Crippen molar-refractivity contribution in [2.45, 2.75) is 12.3 Å². The molecule has 1 heterocycles. The highest BCUT2D eigenvalue weighted by Gasteiger charge is 2.29. The molecule has 1 aliphatic rings. The van der Waals surface area contributed by atoms with E-state index < -0.39 is 0 Å². The Bertz CT molecular complexity index is 590. The van der Waals surface area contributed by atoms with Gasteiger partial charge in [0.25, 0.3) is 0 Å². The van der Waals surface area contributed by atoms with Gasteiger partial charge in [-0.25, -0.2) is 0 Å². The molecule has 2 aromatic rings. The summed E-state index contributed by atoms with van der Waals surface area (Å²) in [7, 11) is 2.19. The smallest absolute Gasteiger partial charge is 0.119 e. The van der Waals surface area contributed by atoms with Gasteiger partial charge in [-0.15, -0.1) is 17.0 Å². The molecule has 0 bridgehead atoms. The first-order valence-electron chi connectivity index (χ1n) is 7.84. The van der Waals surface area contributed by atoms with Crippen LogP contribution in [0.3, 0.4) is 0 Å². The van der Waals surface area contributed by atoms with Gasteiger partial charge in [-0.1, -0.05) is 41.9 Å². The van der Waals surface area contributed by atoms with Crippen LogP contribution in [-0.2, 0) is 0 Å². The van der Waals surface area contributed by atoms with Crippen LogP contribution in [0.5, 0.6) is 5.75 Å². The maximum absolute atomic E-state index is 6.02. The molecule has 2 atom stereocenters. The van der Waals surface area contributed by atoms with Crippen molar-refractivity contribution in [3.8, 4) is 5.75 Å². The van der Waals surface area contributed by atoms with E-state index in [-0.39, 0.29) is 17.0 Å². The largest absolute Gasteiger partial charge is 0.493 e. The molecule has 1 saturated heterocycles. The van der Waals surface area contributed by atoms with E-state index >= 15 is 0 Å². The highest BCUT2D eigenvalue weighted by Crippen LogP contribution is 2.33. The Morgan fingerprint density at radius 2 is 1.78 bits per heavy atom. The minimum Gasteiger partial charge on any atom is -0.493 e. The minimum atomic E-state index is 0. The van der Waals surface area contributed by atoms with Gasteiger partial charge in [0.15, 0.2) is 0 Å². The molecule has 0 N–H and O–H groups in total. The highest BCUT2D eigenvalue weighted by atomic mass is 79.9. The fraction of sp³-hybridized carbons (Fsp3) is 0.368. The number of ether oxygens (including phenoxy) is 1. The molecule has 0 radical (unpaired) electrons. The molecule has 1 fully saturated rings. The third kappa shape index (κ3) is 4.97. The number of hydrogen-bond acceptors (Lipinski definition) is 2. The Morgan fingerprint density at radius 1 is 1.09 bits per heavy atom. The third-order valence-electron chi connectivity index (χ3n) is 4.44. The van der Waals surface area contributed by atoms with Crippen molar-refractivity contribution in [2.24, 2.45) is 5.92 Å². The van der Waals surface area contributed by atoms with Gasteiger partial charge in [0.1, 0.15) is 5.75 Å². The lowest BCUT2D eigenvalue weighted by atomic mass is 9.81. The number of rotatable bonds is 4. The summed E-state index contributed by atoms with van der Waals surface area (Å²) in [4.78, 5) is 2.40. The Hall–Kier alpha value is -1.03. The first kappa shape index (κ1) is 18.3. The van der Waals surface area contributed by atoms with Gasteiger partial charge >= 0.3 is 0 Å². The average molecular weight is 397 g/mol. The third-order valence-corrected chi connectivity index (χ3v) is 4.69. The molecule has 0 saturated carbocycles. The molecular formula is C19H23BrClNO. The molecule has 2 nitrogen and oxygen atoms in total. The summed E-state index contributed by atoms with van der Waals surface area (Å²) in [5.74, 6) is 1.98. The zero-order valence-electron chi connectivity index (χ0n) is 13.3. The van der Waals surface area contributed by atoms with E-state index in [1.54, 1.807) is 0 Å². The standard InChI is InChI=1S/C19H22ClNO.BrH/c1-21-12-11-19(15-5-3-2-4-6-15)16(13-21)14-22-18-9-7-17(20)8-10-18;/h2-10,16,19H,11-14H2,1H3;1H. The van der Waals surface area contributed by atoms with Gasteiger partial charge in [-0.3, -0.25) is 0 Å². The predicted octanol–water partition coefficient (Wildman–Crippen LogP) is 5.03. The van der Waals surface area contributed by atoms with E-state index in [4.69, 9.17) is 16.3 Å². The van der Waals surface area contributed by atoms with Crippen LogP contribution >= 0.6 is 28.6 Å². The number of hydrogen-bond donors (Lipinski definition) is 0. The minimum absolute atomic E-state index is 0. The van der Waals surface area contributed by atoms with Crippen LogP contribution in [0, 0.1) is 5.92 Å². The molecule has 1 aliphatic heterocycles. The summed E-state index contributed by atoms with van der Waals surface area (Å²) < 4.78 is 6.02. The lowest BCUT2D eigenvalue weighted by Gasteiger charge is -2.37. The summed E-state index contributed by atoms with van der Waals surface area (Å²) in [6, 6.07) is 18.4. The van der Waals surface area contributed by atoms with Crippen molar-refractivity contribution >= 4 is 28.6 Å². The molecule has 0 aliphatic carbocycles. The molecule has 2 unspecified atom stereocenters. The molecule has 0 aromatic heterocycles. The van der Waals surface area contributed by atoms with E-state index in [0.717, 1.165) is 30.5 Å². The van der Waals surface area contributed by atoms with Crippen LogP contribution < -0.4 is 4.74 Å². The van der Waals surface area contributed by atoms with E-state index in [9.17, 15) is 0 Å². The van der Waals surface area contributed by atoms with E-state index in [1.165, 1.54) is 12.0 Å². The summed E-state index contributed by atoms with van der Waals surface area (Å²) in [6.45, 7) is 2.97. The number of halogens is 2. The maximum atomic E-state index is 6.02. The van der Waals surface area contributed by atoms with Crippen molar-refractivity contribution in [3.63, 3.8) is 0 Å². The summed E-state index contributed by atoms with van der Waals surface area (Å²) in [5, 5.41) is 0.743. The fourth-order valence-electron chi connectivity index (χ4n) is 3.26. The zero-order valence-corrected chi connectivity index (χ0v) is 15.8. The van der Waals surface area contributed by atoms with Crippen LogP contribution in [0.25, 0.3) is 0 Å². The molecule has 0 amide bonds. The van der Waals surface area contributed by atoms with Gasteiger partial charge in [0, 0.05) is 17.5 Å². The Kier molecular flexibility index (Phi) is 6.94. The first-order chi connectivity index (χ1) is 10.7.